The quantitative estimate of drug-likeness (QED) is 0.771. The van der Waals surface area contributed by atoms with Crippen LogP contribution in [0.5, 0.6) is 5.75 Å². The number of carbonyl (C=O) groups is 1. The van der Waals surface area contributed by atoms with Gasteiger partial charge in [-0.05, 0) is 57.7 Å². The first-order valence-electron chi connectivity index (χ1n) is 10.6. The third-order valence-electron chi connectivity index (χ3n) is 6.04. The Kier molecular flexibility index (Phi) is 5.85. The number of ether oxygens (including phenoxy) is 2. The van der Waals surface area contributed by atoms with Gasteiger partial charge in [-0.25, -0.2) is 9.97 Å². The molecule has 0 radical (unpaired) electrons. The molecule has 0 aliphatic carbocycles. The first-order chi connectivity index (χ1) is 14.1. The maximum absolute atomic E-state index is 13.2. The van der Waals surface area contributed by atoms with Crippen LogP contribution in [0.4, 0.5) is 5.95 Å². The predicted octanol–water partition coefficient (Wildman–Crippen LogP) is 2.94. The fourth-order valence-electron chi connectivity index (χ4n) is 4.42. The van der Waals surface area contributed by atoms with Gasteiger partial charge in [0.25, 0.3) is 0 Å². The van der Waals surface area contributed by atoms with Gasteiger partial charge in [0.15, 0.2) is 0 Å². The van der Waals surface area contributed by atoms with Crippen LogP contribution in [-0.4, -0.2) is 66.3 Å². The van der Waals surface area contributed by atoms with Crippen molar-refractivity contribution in [3.05, 3.63) is 23.9 Å². The summed E-state index contributed by atoms with van der Waals surface area (Å²) in [4.78, 5) is 26.8. The zero-order valence-electron chi connectivity index (χ0n) is 17.6. The van der Waals surface area contributed by atoms with E-state index < -0.39 is 0 Å². The number of piperidine rings is 1. The van der Waals surface area contributed by atoms with Crippen LogP contribution in [0.15, 0.2) is 18.2 Å². The van der Waals surface area contributed by atoms with Crippen LogP contribution in [0.2, 0.25) is 0 Å². The van der Waals surface area contributed by atoms with Crippen LogP contribution in [0.1, 0.15) is 38.3 Å². The van der Waals surface area contributed by atoms with Crippen molar-refractivity contribution in [1.82, 2.24) is 14.9 Å². The molecule has 0 saturated carbocycles. The molecule has 3 heterocycles. The van der Waals surface area contributed by atoms with Gasteiger partial charge in [-0.3, -0.25) is 4.79 Å². The lowest BCUT2D eigenvalue weighted by Gasteiger charge is -2.35. The molecule has 7 heteroatoms. The highest BCUT2D eigenvalue weighted by Crippen LogP contribution is 2.29. The molecule has 0 bridgehead atoms. The third kappa shape index (κ3) is 4.01. The van der Waals surface area contributed by atoms with Crippen LogP contribution in [0.25, 0.3) is 10.9 Å². The number of hydrogen-bond acceptors (Lipinski definition) is 6. The Labute approximate surface area is 172 Å². The number of likely N-dealkylation sites (tertiary alicyclic amines) is 1. The number of fused-ring (bicyclic) bond motifs is 1. The lowest BCUT2D eigenvalue weighted by molar-refractivity contribution is -0.134. The lowest BCUT2D eigenvalue weighted by Crippen LogP contribution is -2.49. The summed E-state index contributed by atoms with van der Waals surface area (Å²) in [6, 6.07) is 5.73. The Bertz CT molecular complexity index is 880. The molecule has 4 rings (SSSR count). The first kappa shape index (κ1) is 19.9. The van der Waals surface area contributed by atoms with Gasteiger partial charge in [0.1, 0.15) is 11.8 Å². The topological polar surface area (TPSA) is 67.8 Å². The standard InChI is InChI=1S/C22H30N4O3/c1-4-29-17-7-8-19-18(14-17)15(2)23-22(24-19)26-11-5-6-20(26)21(27)25-12-9-16(28-3)10-13-25/h7-8,14,16,20H,4-6,9-13H2,1-3H3. The van der Waals surface area contributed by atoms with Crippen molar-refractivity contribution in [3.63, 3.8) is 0 Å². The number of hydrogen-bond donors (Lipinski definition) is 0. The Morgan fingerprint density at radius 3 is 2.69 bits per heavy atom. The summed E-state index contributed by atoms with van der Waals surface area (Å²) in [6.07, 6.45) is 3.92. The number of amides is 1. The van der Waals surface area contributed by atoms with Gasteiger partial charge < -0.3 is 19.3 Å². The summed E-state index contributed by atoms with van der Waals surface area (Å²) in [5.41, 5.74) is 1.79. The zero-order valence-corrected chi connectivity index (χ0v) is 17.6. The van der Waals surface area contributed by atoms with E-state index in [9.17, 15) is 4.79 Å². The zero-order chi connectivity index (χ0) is 20.4. The maximum Gasteiger partial charge on any atom is 0.245 e. The molecule has 2 aliphatic rings. The van der Waals surface area contributed by atoms with Crippen LogP contribution in [-0.2, 0) is 9.53 Å². The average molecular weight is 399 g/mol. The van der Waals surface area contributed by atoms with E-state index in [-0.39, 0.29) is 18.1 Å². The predicted molar refractivity (Wildman–Crippen MR) is 112 cm³/mol. The number of aromatic nitrogens is 2. The van der Waals surface area contributed by atoms with Crippen molar-refractivity contribution in [2.45, 2.75) is 51.7 Å². The fourth-order valence-corrected chi connectivity index (χ4v) is 4.42. The van der Waals surface area contributed by atoms with Gasteiger partial charge >= 0.3 is 0 Å². The molecular weight excluding hydrogens is 368 g/mol. The van der Waals surface area contributed by atoms with E-state index in [1.807, 2.05) is 36.9 Å². The minimum Gasteiger partial charge on any atom is -0.494 e. The summed E-state index contributed by atoms with van der Waals surface area (Å²) >= 11 is 0. The maximum atomic E-state index is 13.2. The molecule has 0 spiro atoms. The molecule has 1 aromatic carbocycles. The van der Waals surface area contributed by atoms with Gasteiger partial charge in [-0.15, -0.1) is 0 Å². The summed E-state index contributed by atoms with van der Waals surface area (Å²) in [5.74, 6) is 1.68. The number of methoxy groups -OCH3 is 1. The van der Waals surface area contributed by atoms with Crippen molar-refractivity contribution in [1.29, 1.82) is 0 Å². The number of rotatable bonds is 5. The average Bonchev–Trinajstić information content (AvgIpc) is 3.24. The van der Waals surface area contributed by atoms with Crippen molar-refractivity contribution < 1.29 is 14.3 Å². The van der Waals surface area contributed by atoms with E-state index in [4.69, 9.17) is 19.4 Å². The molecule has 2 fully saturated rings. The number of carbonyl (C=O) groups excluding carboxylic acids is 1. The summed E-state index contributed by atoms with van der Waals surface area (Å²) < 4.78 is 11.0. The van der Waals surface area contributed by atoms with E-state index in [1.54, 1.807) is 7.11 Å². The molecule has 1 aromatic heterocycles. The molecule has 2 aromatic rings. The van der Waals surface area contributed by atoms with Gasteiger partial charge in [0.05, 0.1) is 23.9 Å². The summed E-state index contributed by atoms with van der Waals surface area (Å²) in [6.45, 7) is 6.93. The van der Waals surface area contributed by atoms with Crippen LogP contribution in [0.3, 0.4) is 0 Å². The minimum atomic E-state index is -0.173. The highest BCUT2D eigenvalue weighted by Gasteiger charge is 2.36. The van der Waals surface area contributed by atoms with Crippen molar-refractivity contribution in [2.24, 2.45) is 0 Å². The normalized spacial score (nSPS) is 20.4. The van der Waals surface area contributed by atoms with Crippen LogP contribution in [0, 0.1) is 6.92 Å². The van der Waals surface area contributed by atoms with E-state index in [1.165, 1.54) is 0 Å². The second-order valence-corrected chi connectivity index (χ2v) is 7.83. The highest BCUT2D eigenvalue weighted by atomic mass is 16.5. The van der Waals surface area contributed by atoms with Crippen LogP contribution < -0.4 is 9.64 Å². The largest absolute Gasteiger partial charge is 0.494 e. The van der Waals surface area contributed by atoms with Gasteiger partial charge in [-0.2, -0.15) is 0 Å². The molecule has 156 valence electrons. The smallest absolute Gasteiger partial charge is 0.245 e. The van der Waals surface area contributed by atoms with Gasteiger partial charge in [-0.1, -0.05) is 0 Å². The molecule has 0 N–H and O–H groups in total. The fraction of sp³-hybridized carbons (Fsp3) is 0.591. The Morgan fingerprint density at radius 2 is 1.97 bits per heavy atom. The molecule has 7 nitrogen and oxygen atoms in total. The first-order valence-corrected chi connectivity index (χ1v) is 10.6. The number of aryl methyl sites for hydroxylation is 1. The second kappa shape index (κ2) is 8.53. The van der Waals surface area contributed by atoms with E-state index in [0.29, 0.717) is 12.6 Å². The summed E-state index contributed by atoms with van der Waals surface area (Å²) in [7, 11) is 1.75. The van der Waals surface area contributed by atoms with Crippen LogP contribution >= 0.6 is 0 Å². The van der Waals surface area contributed by atoms with Crippen molar-refractivity contribution in [3.8, 4) is 5.75 Å². The molecule has 29 heavy (non-hydrogen) atoms. The molecule has 2 saturated heterocycles. The number of nitrogens with zero attached hydrogens (tertiary/aromatic N) is 4. The van der Waals surface area contributed by atoms with Gasteiger partial charge in [0, 0.05) is 32.1 Å². The molecule has 1 unspecified atom stereocenters. The van der Waals surface area contributed by atoms with Crippen molar-refractivity contribution >= 4 is 22.8 Å². The Morgan fingerprint density at radius 1 is 1.17 bits per heavy atom. The highest BCUT2D eigenvalue weighted by molar-refractivity contribution is 5.87. The monoisotopic (exact) mass is 398 g/mol. The Hall–Kier alpha value is -2.41. The number of anilines is 1. The SMILES string of the molecule is CCOc1ccc2nc(N3CCCC3C(=O)N3CCC(OC)CC3)nc(C)c2c1. The minimum absolute atomic E-state index is 0.173. The Balaban J connectivity index is 1.56. The third-order valence-corrected chi connectivity index (χ3v) is 6.04. The second-order valence-electron chi connectivity index (χ2n) is 7.83. The summed E-state index contributed by atoms with van der Waals surface area (Å²) in [5, 5.41) is 0.989. The number of benzene rings is 1. The molecule has 1 amide bonds. The van der Waals surface area contributed by atoms with E-state index in [2.05, 4.69) is 4.90 Å². The lowest BCUT2D eigenvalue weighted by atomic mass is 10.1. The van der Waals surface area contributed by atoms with E-state index >= 15 is 0 Å². The van der Waals surface area contributed by atoms with E-state index in [0.717, 1.165) is 67.7 Å². The van der Waals surface area contributed by atoms with Crippen molar-refractivity contribution in [2.75, 3.05) is 38.3 Å². The molecular formula is C22H30N4O3. The molecule has 2 aliphatic heterocycles. The molecule has 1 atom stereocenters. The van der Waals surface area contributed by atoms with Gasteiger partial charge in [0.2, 0.25) is 11.9 Å².